The molecule has 90 valence electrons. The van der Waals surface area contributed by atoms with Gasteiger partial charge in [-0.05, 0) is 18.6 Å². The highest BCUT2D eigenvalue weighted by Crippen LogP contribution is 2.14. The van der Waals surface area contributed by atoms with Gasteiger partial charge < -0.3 is 4.98 Å². The van der Waals surface area contributed by atoms with Crippen LogP contribution >= 0.6 is 0 Å². The Labute approximate surface area is 100 Å². The van der Waals surface area contributed by atoms with Crippen LogP contribution in [0.4, 0.5) is 5.95 Å². The molecule has 0 saturated carbocycles. The van der Waals surface area contributed by atoms with Crippen molar-refractivity contribution in [2.45, 2.75) is 26.7 Å². The minimum absolute atomic E-state index is 0.0194. The number of H-pyrrole nitrogens is 1. The summed E-state index contributed by atoms with van der Waals surface area (Å²) in [4.78, 5) is 19.2. The van der Waals surface area contributed by atoms with Crippen LogP contribution in [0.2, 0.25) is 0 Å². The Bertz CT molecular complexity index is 485. The van der Waals surface area contributed by atoms with Gasteiger partial charge in [-0.2, -0.15) is 0 Å². The number of aromatic amines is 1. The number of para-hydroxylation sites is 2. The summed E-state index contributed by atoms with van der Waals surface area (Å²) < 4.78 is 0. The van der Waals surface area contributed by atoms with Crippen LogP contribution < -0.4 is 5.32 Å². The van der Waals surface area contributed by atoms with Crippen molar-refractivity contribution in [3.8, 4) is 0 Å². The van der Waals surface area contributed by atoms with E-state index in [2.05, 4.69) is 22.2 Å². The van der Waals surface area contributed by atoms with Gasteiger partial charge in [0.15, 0.2) is 0 Å². The Hall–Kier alpha value is -1.84. The summed E-state index contributed by atoms with van der Waals surface area (Å²) in [5.74, 6) is 0.568. The van der Waals surface area contributed by atoms with Crippen molar-refractivity contribution in [2.24, 2.45) is 5.92 Å². The summed E-state index contributed by atoms with van der Waals surface area (Å²) in [7, 11) is 0. The third kappa shape index (κ3) is 2.64. The predicted molar refractivity (Wildman–Crippen MR) is 68.8 cm³/mol. The molecule has 1 aromatic heterocycles. The maximum atomic E-state index is 11.8. The van der Waals surface area contributed by atoms with Gasteiger partial charge in [-0.3, -0.25) is 10.1 Å². The van der Waals surface area contributed by atoms with E-state index in [0.29, 0.717) is 5.95 Å². The second-order valence-electron chi connectivity index (χ2n) is 4.28. The number of rotatable bonds is 4. The molecule has 2 rings (SSSR count). The van der Waals surface area contributed by atoms with E-state index >= 15 is 0 Å². The molecular formula is C13H17N3O. The number of aromatic nitrogens is 2. The minimum atomic E-state index is 0.0194. The van der Waals surface area contributed by atoms with Gasteiger partial charge in [0.05, 0.1) is 11.0 Å². The zero-order chi connectivity index (χ0) is 12.3. The van der Waals surface area contributed by atoms with Crippen LogP contribution in [0.3, 0.4) is 0 Å². The molecule has 0 radical (unpaired) electrons. The molecule has 0 saturated heterocycles. The fraction of sp³-hybridized carbons (Fsp3) is 0.385. The first-order valence-corrected chi connectivity index (χ1v) is 5.96. The monoisotopic (exact) mass is 231 g/mol. The van der Waals surface area contributed by atoms with Crippen molar-refractivity contribution < 1.29 is 4.79 Å². The van der Waals surface area contributed by atoms with Crippen LogP contribution in [0.1, 0.15) is 26.7 Å². The maximum absolute atomic E-state index is 11.8. The van der Waals surface area contributed by atoms with Crippen molar-refractivity contribution in [3.63, 3.8) is 0 Å². The van der Waals surface area contributed by atoms with E-state index in [1.807, 2.05) is 31.2 Å². The minimum Gasteiger partial charge on any atom is -0.324 e. The quantitative estimate of drug-likeness (QED) is 0.850. The molecule has 0 aliphatic carbocycles. The normalized spacial score (nSPS) is 12.6. The third-order valence-electron chi connectivity index (χ3n) is 2.80. The van der Waals surface area contributed by atoms with Gasteiger partial charge in [0, 0.05) is 5.92 Å². The van der Waals surface area contributed by atoms with Crippen LogP contribution in [0, 0.1) is 5.92 Å². The number of hydrogen-bond acceptors (Lipinski definition) is 2. The number of nitrogens with zero attached hydrogens (tertiary/aromatic N) is 1. The average Bonchev–Trinajstić information content (AvgIpc) is 2.71. The highest BCUT2D eigenvalue weighted by atomic mass is 16.2. The van der Waals surface area contributed by atoms with Gasteiger partial charge in [0.25, 0.3) is 0 Å². The predicted octanol–water partition coefficient (Wildman–Crippen LogP) is 2.94. The number of nitrogens with one attached hydrogen (secondary N) is 2. The second kappa shape index (κ2) is 4.99. The van der Waals surface area contributed by atoms with Gasteiger partial charge >= 0.3 is 0 Å². The Morgan fingerprint density at radius 2 is 2.24 bits per heavy atom. The number of benzene rings is 1. The van der Waals surface area contributed by atoms with Crippen molar-refractivity contribution in [2.75, 3.05) is 5.32 Å². The first kappa shape index (κ1) is 11.6. The van der Waals surface area contributed by atoms with E-state index in [1.54, 1.807) is 0 Å². The average molecular weight is 231 g/mol. The molecule has 2 N–H and O–H groups in total. The summed E-state index contributed by atoms with van der Waals surface area (Å²) in [6.07, 6.45) is 1.90. The number of amides is 1. The SMILES string of the molecule is CCC[C@H](C)C(=O)Nc1nc2ccccc2[nH]1. The van der Waals surface area contributed by atoms with E-state index in [4.69, 9.17) is 0 Å². The van der Waals surface area contributed by atoms with Gasteiger partial charge in [-0.1, -0.05) is 32.4 Å². The van der Waals surface area contributed by atoms with Gasteiger partial charge in [0.1, 0.15) is 0 Å². The van der Waals surface area contributed by atoms with Gasteiger partial charge in [-0.25, -0.2) is 4.98 Å². The van der Waals surface area contributed by atoms with Crippen molar-refractivity contribution in [3.05, 3.63) is 24.3 Å². The molecule has 4 heteroatoms. The number of hydrogen-bond donors (Lipinski definition) is 2. The molecule has 4 nitrogen and oxygen atoms in total. The van der Waals surface area contributed by atoms with Crippen LogP contribution in [-0.2, 0) is 4.79 Å². The van der Waals surface area contributed by atoms with Gasteiger partial charge in [-0.15, -0.1) is 0 Å². The van der Waals surface area contributed by atoms with Crippen LogP contribution in [0.5, 0.6) is 0 Å². The standard InChI is InChI=1S/C13H17N3O/c1-3-6-9(2)12(17)16-13-14-10-7-4-5-8-11(10)15-13/h4-5,7-9H,3,6H2,1-2H3,(H2,14,15,16,17)/t9-/m0/s1. The molecule has 0 unspecified atom stereocenters. The molecule has 2 aromatic rings. The maximum Gasteiger partial charge on any atom is 0.229 e. The van der Waals surface area contributed by atoms with Crippen molar-refractivity contribution in [1.29, 1.82) is 0 Å². The molecule has 1 amide bonds. The van der Waals surface area contributed by atoms with Crippen LogP contribution in [0.25, 0.3) is 11.0 Å². The Kier molecular flexibility index (Phi) is 3.42. The Balaban J connectivity index is 2.10. The number of carbonyl (C=O) groups excluding carboxylic acids is 1. The van der Waals surface area contributed by atoms with Crippen LogP contribution in [-0.4, -0.2) is 15.9 Å². The summed E-state index contributed by atoms with van der Waals surface area (Å²) in [6.45, 7) is 4.01. The second-order valence-corrected chi connectivity index (χ2v) is 4.28. The summed E-state index contributed by atoms with van der Waals surface area (Å²) in [5.41, 5.74) is 1.80. The van der Waals surface area contributed by atoms with E-state index in [0.717, 1.165) is 23.9 Å². The van der Waals surface area contributed by atoms with Gasteiger partial charge in [0.2, 0.25) is 11.9 Å². The number of anilines is 1. The molecule has 1 atom stereocenters. The van der Waals surface area contributed by atoms with E-state index in [9.17, 15) is 4.79 Å². The number of fused-ring (bicyclic) bond motifs is 1. The number of carbonyl (C=O) groups is 1. The summed E-state index contributed by atoms with van der Waals surface area (Å²) in [5, 5.41) is 2.81. The molecule has 0 fully saturated rings. The fourth-order valence-corrected chi connectivity index (χ4v) is 1.82. The molecule has 1 heterocycles. The lowest BCUT2D eigenvalue weighted by molar-refractivity contribution is -0.119. The Morgan fingerprint density at radius 1 is 1.47 bits per heavy atom. The summed E-state index contributed by atoms with van der Waals surface area (Å²) >= 11 is 0. The summed E-state index contributed by atoms with van der Waals surface area (Å²) in [6, 6.07) is 7.71. The van der Waals surface area contributed by atoms with E-state index in [-0.39, 0.29) is 11.8 Å². The molecule has 0 aliphatic heterocycles. The molecule has 17 heavy (non-hydrogen) atoms. The first-order chi connectivity index (χ1) is 8.20. The Morgan fingerprint density at radius 3 is 2.94 bits per heavy atom. The smallest absolute Gasteiger partial charge is 0.229 e. The highest BCUT2D eigenvalue weighted by Gasteiger charge is 2.13. The third-order valence-corrected chi connectivity index (χ3v) is 2.80. The zero-order valence-corrected chi connectivity index (χ0v) is 10.2. The highest BCUT2D eigenvalue weighted by molar-refractivity contribution is 5.92. The molecule has 1 aromatic carbocycles. The molecule has 0 bridgehead atoms. The van der Waals surface area contributed by atoms with Crippen molar-refractivity contribution >= 4 is 22.9 Å². The largest absolute Gasteiger partial charge is 0.324 e. The van der Waals surface area contributed by atoms with Crippen molar-refractivity contribution in [1.82, 2.24) is 9.97 Å². The van der Waals surface area contributed by atoms with E-state index in [1.165, 1.54) is 0 Å². The lowest BCUT2D eigenvalue weighted by Crippen LogP contribution is -2.20. The topological polar surface area (TPSA) is 57.8 Å². The molecule has 0 spiro atoms. The zero-order valence-electron chi connectivity index (χ0n) is 10.2. The molecule has 0 aliphatic rings. The lowest BCUT2D eigenvalue weighted by atomic mass is 10.1. The van der Waals surface area contributed by atoms with Crippen LogP contribution in [0.15, 0.2) is 24.3 Å². The lowest BCUT2D eigenvalue weighted by Gasteiger charge is -2.08. The van der Waals surface area contributed by atoms with E-state index < -0.39 is 0 Å². The number of imidazole rings is 1. The first-order valence-electron chi connectivity index (χ1n) is 5.96. The fourth-order valence-electron chi connectivity index (χ4n) is 1.82. The molecular weight excluding hydrogens is 214 g/mol.